The van der Waals surface area contributed by atoms with Gasteiger partial charge in [-0.05, 0) is 19.1 Å². The van der Waals surface area contributed by atoms with Crippen molar-refractivity contribution in [3.05, 3.63) is 51.6 Å². The predicted molar refractivity (Wildman–Crippen MR) is 76.0 cm³/mol. The highest BCUT2D eigenvalue weighted by molar-refractivity contribution is 6.32. The molecule has 1 heterocycles. The third kappa shape index (κ3) is 2.26. The third-order valence-corrected chi connectivity index (χ3v) is 3.62. The Labute approximate surface area is 119 Å². The minimum absolute atomic E-state index is 0.0389. The van der Waals surface area contributed by atoms with Crippen LogP contribution in [0.2, 0.25) is 0 Å². The summed E-state index contributed by atoms with van der Waals surface area (Å²) in [4.78, 5) is 15.1. The fraction of sp³-hybridized carbons (Fsp3) is 0.267. The molecule has 4 nitrogen and oxygen atoms in total. The first kappa shape index (κ1) is 13.6. The molecule has 1 aliphatic carbocycles. The molecule has 0 amide bonds. The molecular weight excluding hydrogens is 278 g/mol. The number of rotatable bonds is 3. The summed E-state index contributed by atoms with van der Waals surface area (Å²) in [6, 6.07) is 4.64. The Morgan fingerprint density at radius 3 is 2.86 bits per heavy atom. The van der Waals surface area contributed by atoms with Crippen LogP contribution in [-0.4, -0.2) is 17.1 Å². The molecule has 1 aromatic carbocycles. The molecule has 108 valence electrons. The van der Waals surface area contributed by atoms with Crippen molar-refractivity contribution in [2.24, 2.45) is 10.9 Å². The molecule has 0 saturated carbocycles. The predicted octanol–water partition coefficient (Wildman–Crippen LogP) is 4.30. The maximum atomic E-state index is 12.7. The van der Waals surface area contributed by atoms with Gasteiger partial charge >= 0.3 is 0 Å². The lowest BCUT2D eigenvalue weighted by Gasteiger charge is -2.19. The molecule has 1 atom stereocenters. The van der Waals surface area contributed by atoms with Crippen molar-refractivity contribution in [3.8, 4) is 0 Å². The lowest BCUT2D eigenvalue weighted by molar-refractivity contribution is -0.385. The number of aliphatic imine (C=N–C) groups is 1. The standard InChI is InChI=1S/C15H12F2N2O2/c1-8-5-9(7-13(16)17)15-10(6-8)14-11(18-15)3-2-4-12(14)19(20)21/h2-6,9,13H,7H2,1H3. The number of nitro benzene ring substituents is 1. The van der Waals surface area contributed by atoms with Crippen LogP contribution in [0.1, 0.15) is 18.9 Å². The van der Waals surface area contributed by atoms with E-state index in [0.29, 0.717) is 22.5 Å². The van der Waals surface area contributed by atoms with Gasteiger partial charge in [-0.25, -0.2) is 8.78 Å². The van der Waals surface area contributed by atoms with Crippen molar-refractivity contribution in [3.63, 3.8) is 0 Å². The molecule has 0 fully saturated rings. The number of benzene rings is 1. The molecular formula is C15H12F2N2O2. The molecule has 1 aromatic rings. The Hall–Kier alpha value is -2.37. The number of halogens is 2. The van der Waals surface area contributed by atoms with E-state index in [9.17, 15) is 18.9 Å². The Morgan fingerprint density at radius 2 is 2.19 bits per heavy atom. The monoisotopic (exact) mass is 290 g/mol. The van der Waals surface area contributed by atoms with Crippen LogP contribution in [0.3, 0.4) is 0 Å². The van der Waals surface area contributed by atoms with E-state index in [2.05, 4.69) is 4.99 Å². The van der Waals surface area contributed by atoms with Crippen molar-refractivity contribution in [2.45, 2.75) is 19.8 Å². The van der Waals surface area contributed by atoms with Gasteiger partial charge in [-0.2, -0.15) is 0 Å². The molecule has 3 rings (SSSR count). The summed E-state index contributed by atoms with van der Waals surface area (Å²) in [6.45, 7) is 1.80. The summed E-state index contributed by atoms with van der Waals surface area (Å²) >= 11 is 0. The number of allylic oxidation sites excluding steroid dienone is 4. The second-order valence-electron chi connectivity index (χ2n) is 5.13. The summed E-state index contributed by atoms with van der Waals surface area (Å²) in [6.07, 6.45) is 0.751. The highest BCUT2D eigenvalue weighted by Gasteiger charge is 2.34. The minimum Gasteiger partial charge on any atom is -0.258 e. The molecule has 0 bridgehead atoms. The number of hydrogen-bond acceptors (Lipinski definition) is 3. The zero-order valence-corrected chi connectivity index (χ0v) is 11.2. The van der Waals surface area contributed by atoms with Gasteiger partial charge in [0.2, 0.25) is 6.43 Å². The quantitative estimate of drug-likeness (QED) is 0.615. The molecule has 21 heavy (non-hydrogen) atoms. The highest BCUT2D eigenvalue weighted by atomic mass is 19.3. The molecule has 6 heteroatoms. The first-order valence-electron chi connectivity index (χ1n) is 6.52. The van der Waals surface area contributed by atoms with Crippen molar-refractivity contribution in [1.29, 1.82) is 0 Å². The van der Waals surface area contributed by atoms with E-state index in [1.165, 1.54) is 6.07 Å². The molecule has 0 N–H and O–H groups in total. The average Bonchev–Trinajstić information content (AvgIpc) is 2.76. The van der Waals surface area contributed by atoms with Crippen LogP contribution in [0.4, 0.5) is 20.2 Å². The second-order valence-corrected chi connectivity index (χ2v) is 5.13. The summed E-state index contributed by atoms with van der Waals surface area (Å²) < 4.78 is 25.5. The van der Waals surface area contributed by atoms with Crippen LogP contribution in [0, 0.1) is 16.0 Å². The van der Waals surface area contributed by atoms with E-state index in [-0.39, 0.29) is 12.1 Å². The van der Waals surface area contributed by atoms with Gasteiger partial charge < -0.3 is 0 Å². The maximum absolute atomic E-state index is 12.7. The van der Waals surface area contributed by atoms with Gasteiger partial charge in [-0.1, -0.05) is 17.7 Å². The molecule has 0 spiro atoms. The zero-order chi connectivity index (χ0) is 15.1. The smallest absolute Gasteiger partial charge is 0.258 e. The molecule has 0 aromatic heterocycles. The van der Waals surface area contributed by atoms with E-state index in [1.54, 1.807) is 31.2 Å². The molecule has 2 aliphatic rings. The van der Waals surface area contributed by atoms with Gasteiger partial charge in [0, 0.05) is 24.0 Å². The van der Waals surface area contributed by atoms with Gasteiger partial charge in [0.05, 0.1) is 21.9 Å². The van der Waals surface area contributed by atoms with Gasteiger partial charge in [0.25, 0.3) is 5.69 Å². The highest BCUT2D eigenvalue weighted by Crippen LogP contribution is 2.45. The number of nitro groups is 1. The number of alkyl halides is 2. The van der Waals surface area contributed by atoms with Gasteiger partial charge in [0.1, 0.15) is 0 Å². The Bertz CT molecular complexity index is 720. The van der Waals surface area contributed by atoms with Crippen molar-refractivity contribution >= 4 is 22.7 Å². The van der Waals surface area contributed by atoms with Gasteiger partial charge in [-0.3, -0.25) is 15.1 Å². The zero-order valence-electron chi connectivity index (χ0n) is 11.2. The van der Waals surface area contributed by atoms with Crippen LogP contribution < -0.4 is 0 Å². The number of hydrogen-bond donors (Lipinski definition) is 0. The normalized spacial score (nSPS) is 19.6. The van der Waals surface area contributed by atoms with Crippen LogP contribution in [0.5, 0.6) is 0 Å². The van der Waals surface area contributed by atoms with Gasteiger partial charge in [-0.15, -0.1) is 0 Å². The van der Waals surface area contributed by atoms with Crippen LogP contribution in [0.15, 0.2) is 40.9 Å². The average molecular weight is 290 g/mol. The Morgan fingerprint density at radius 1 is 1.43 bits per heavy atom. The van der Waals surface area contributed by atoms with Crippen molar-refractivity contribution in [2.75, 3.05) is 0 Å². The van der Waals surface area contributed by atoms with E-state index in [0.717, 1.165) is 5.57 Å². The first-order chi connectivity index (χ1) is 9.97. The second kappa shape index (κ2) is 4.87. The van der Waals surface area contributed by atoms with E-state index < -0.39 is 17.3 Å². The van der Waals surface area contributed by atoms with Crippen molar-refractivity contribution in [1.82, 2.24) is 0 Å². The third-order valence-electron chi connectivity index (χ3n) is 3.62. The fourth-order valence-corrected chi connectivity index (χ4v) is 2.84. The SMILES string of the molecule is CC1=CC(CC(F)F)C2=Nc3cccc([N+](=O)[O-])c3C2=C1. The Balaban J connectivity index is 2.13. The molecule has 0 radical (unpaired) electrons. The molecule has 0 saturated heterocycles. The van der Waals surface area contributed by atoms with Crippen LogP contribution in [-0.2, 0) is 0 Å². The fourth-order valence-electron chi connectivity index (χ4n) is 2.84. The van der Waals surface area contributed by atoms with Crippen LogP contribution in [0.25, 0.3) is 5.57 Å². The Kier molecular flexibility index (Phi) is 3.16. The summed E-state index contributed by atoms with van der Waals surface area (Å²) in [7, 11) is 0. The lowest BCUT2D eigenvalue weighted by Crippen LogP contribution is -2.18. The van der Waals surface area contributed by atoms with Crippen LogP contribution >= 0.6 is 0 Å². The topological polar surface area (TPSA) is 55.5 Å². The largest absolute Gasteiger partial charge is 0.279 e. The summed E-state index contributed by atoms with van der Waals surface area (Å²) in [5.41, 5.74) is 2.80. The van der Waals surface area contributed by atoms with Gasteiger partial charge in [0.15, 0.2) is 0 Å². The maximum Gasteiger partial charge on any atom is 0.279 e. The number of nitrogens with zero attached hydrogens (tertiary/aromatic N) is 2. The molecule has 1 unspecified atom stereocenters. The lowest BCUT2D eigenvalue weighted by atomic mass is 9.84. The summed E-state index contributed by atoms with van der Waals surface area (Å²) in [5.74, 6) is -0.503. The van der Waals surface area contributed by atoms with E-state index >= 15 is 0 Å². The minimum atomic E-state index is -2.44. The first-order valence-corrected chi connectivity index (χ1v) is 6.52. The molecule has 1 aliphatic heterocycles. The number of fused-ring (bicyclic) bond motifs is 3. The van der Waals surface area contributed by atoms with E-state index in [1.807, 2.05) is 0 Å². The van der Waals surface area contributed by atoms with Crippen molar-refractivity contribution < 1.29 is 13.7 Å². The van der Waals surface area contributed by atoms with E-state index in [4.69, 9.17) is 0 Å². The summed E-state index contributed by atoms with van der Waals surface area (Å²) in [5, 5.41) is 11.2.